The molecule has 0 heterocycles. The Hall–Kier alpha value is -3.49. The zero-order chi connectivity index (χ0) is 19.3. The molecule has 3 N–H and O–H groups in total. The first-order valence-electron chi connectivity index (χ1n) is 7.52. The van der Waals surface area contributed by atoms with Crippen molar-refractivity contribution in [2.24, 2.45) is 0 Å². The largest absolute Gasteiger partial charge is 0.493 e. The summed E-state index contributed by atoms with van der Waals surface area (Å²) in [4.78, 5) is 22.6. The minimum atomic E-state index is -0.634. The number of hydrogen-bond acceptors (Lipinski definition) is 7. The first-order valence-corrected chi connectivity index (χ1v) is 7.52. The Morgan fingerprint density at radius 3 is 2.23 bits per heavy atom. The lowest BCUT2D eigenvalue weighted by Crippen LogP contribution is -2.23. The van der Waals surface area contributed by atoms with Crippen LogP contribution in [0.3, 0.4) is 0 Å². The van der Waals surface area contributed by atoms with E-state index in [2.05, 4.69) is 5.32 Å². The molecule has 26 heavy (non-hydrogen) atoms. The molecule has 9 heteroatoms. The molecule has 0 aromatic heterocycles. The van der Waals surface area contributed by atoms with Crippen molar-refractivity contribution in [3.8, 4) is 17.2 Å². The predicted octanol–water partition coefficient (Wildman–Crippen LogP) is 2.13. The number of carbonyl (C=O) groups excluding carboxylic acids is 1. The minimum absolute atomic E-state index is 0.00354. The molecule has 0 spiro atoms. The van der Waals surface area contributed by atoms with E-state index in [0.29, 0.717) is 22.8 Å². The number of nitrogens with two attached hydrogens (primary N) is 1. The van der Waals surface area contributed by atoms with Gasteiger partial charge in [-0.15, -0.1) is 0 Å². The zero-order valence-corrected chi connectivity index (χ0v) is 14.6. The molecule has 0 atom stereocenters. The van der Waals surface area contributed by atoms with Crippen molar-refractivity contribution in [2.75, 3.05) is 27.1 Å². The number of nitro groups is 1. The molecule has 138 valence electrons. The van der Waals surface area contributed by atoms with Crippen LogP contribution in [-0.2, 0) is 6.54 Å². The highest BCUT2D eigenvalue weighted by molar-refractivity contribution is 5.95. The summed E-state index contributed by atoms with van der Waals surface area (Å²) in [5, 5.41) is 13.6. The number of methoxy groups -OCH3 is 3. The van der Waals surface area contributed by atoms with Crippen LogP contribution in [0.4, 0.5) is 11.4 Å². The van der Waals surface area contributed by atoms with Gasteiger partial charge in [-0.2, -0.15) is 0 Å². The van der Waals surface area contributed by atoms with Crippen LogP contribution in [0.15, 0.2) is 30.3 Å². The van der Waals surface area contributed by atoms with E-state index < -0.39 is 10.8 Å². The number of nitrogens with one attached hydrogen (secondary N) is 1. The lowest BCUT2D eigenvalue weighted by atomic mass is 10.1. The zero-order valence-electron chi connectivity index (χ0n) is 14.6. The second-order valence-electron chi connectivity index (χ2n) is 5.25. The quantitative estimate of drug-likeness (QED) is 0.439. The Morgan fingerprint density at radius 2 is 1.73 bits per heavy atom. The summed E-state index contributed by atoms with van der Waals surface area (Å²) in [6.45, 7) is 0.160. The van der Waals surface area contributed by atoms with Crippen LogP contribution in [0.25, 0.3) is 0 Å². The van der Waals surface area contributed by atoms with Gasteiger partial charge < -0.3 is 25.3 Å². The molecule has 0 saturated heterocycles. The Morgan fingerprint density at radius 1 is 1.12 bits per heavy atom. The summed E-state index contributed by atoms with van der Waals surface area (Å²) in [5.41, 5.74) is 6.06. The van der Waals surface area contributed by atoms with Gasteiger partial charge in [0.2, 0.25) is 5.75 Å². The average Bonchev–Trinajstić information content (AvgIpc) is 2.65. The average molecular weight is 361 g/mol. The van der Waals surface area contributed by atoms with E-state index in [-0.39, 0.29) is 23.5 Å². The molecule has 0 radical (unpaired) electrons. The Kier molecular flexibility index (Phi) is 5.84. The van der Waals surface area contributed by atoms with Gasteiger partial charge >= 0.3 is 0 Å². The van der Waals surface area contributed by atoms with Gasteiger partial charge in [0.05, 0.1) is 26.3 Å². The number of nitrogen functional groups attached to an aromatic ring is 1. The third-order valence-electron chi connectivity index (χ3n) is 3.67. The smallest absolute Gasteiger partial charge is 0.292 e. The second kappa shape index (κ2) is 8.06. The summed E-state index contributed by atoms with van der Waals surface area (Å²) in [6, 6.07) is 7.29. The molecule has 2 rings (SSSR count). The number of rotatable bonds is 7. The molecule has 0 unspecified atom stereocenters. The van der Waals surface area contributed by atoms with Crippen molar-refractivity contribution in [2.45, 2.75) is 6.54 Å². The van der Waals surface area contributed by atoms with Crippen LogP contribution in [0.1, 0.15) is 15.9 Å². The highest BCUT2D eigenvalue weighted by atomic mass is 16.6. The van der Waals surface area contributed by atoms with Gasteiger partial charge in [0.15, 0.2) is 11.5 Å². The van der Waals surface area contributed by atoms with Crippen LogP contribution in [0.5, 0.6) is 17.2 Å². The van der Waals surface area contributed by atoms with E-state index in [9.17, 15) is 14.9 Å². The highest BCUT2D eigenvalue weighted by Gasteiger charge is 2.17. The number of amides is 1. The minimum Gasteiger partial charge on any atom is -0.493 e. The molecule has 0 bridgehead atoms. The third-order valence-corrected chi connectivity index (χ3v) is 3.67. The Bertz CT molecular complexity index is 812. The number of carbonyl (C=O) groups is 1. The molecule has 0 saturated carbocycles. The topological polar surface area (TPSA) is 126 Å². The summed E-state index contributed by atoms with van der Waals surface area (Å²) < 4.78 is 15.8. The lowest BCUT2D eigenvalue weighted by molar-refractivity contribution is -0.383. The molecule has 2 aromatic rings. The standard InChI is InChI=1S/C17H19N3O6/c1-24-14-6-10(7-15(25-2)16(14)26-3)9-19-17(21)11-4-5-12(18)13(8-11)20(22)23/h4-8H,9,18H2,1-3H3,(H,19,21). The number of nitrogens with zero attached hydrogens (tertiary/aromatic N) is 1. The first-order chi connectivity index (χ1) is 12.4. The number of ether oxygens (including phenoxy) is 3. The van der Waals surface area contributed by atoms with Crippen molar-refractivity contribution in [3.63, 3.8) is 0 Å². The van der Waals surface area contributed by atoms with Gasteiger partial charge in [-0.1, -0.05) is 0 Å². The molecule has 0 aliphatic carbocycles. The number of benzene rings is 2. The second-order valence-corrected chi connectivity index (χ2v) is 5.25. The van der Waals surface area contributed by atoms with Crippen molar-refractivity contribution in [1.29, 1.82) is 0 Å². The van der Waals surface area contributed by atoms with Crippen LogP contribution >= 0.6 is 0 Å². The highest BCUT2D eigenvalue weighted by Crippen LogP contribution is 2.38. The van der Waals surface area contributed by atoms with Crippen molar-refractivity contribution < 1.29 is 23.9 Å². The van der Waals surface area contributed by atoms with E-state index in [1.54, 1.807) is 12.1 Å². The monoisotopic (exact) mass is 361 g/mol. The molecular weight excluding hydrogens is 342 g/mol. The van der Waals surface area contributed by atoms with E-state index in [1.807, 2.05) is 0 Å². The number of hydrogen-bond donors (Lipinski definition) is 2. The van der Waals surface area contributed by atoms with E-state index in [1.165, 1.54) is 33.5 Å². The van der Waals surface area contributed by atoms with Crippen molar-refractivity contribution >= 4 is 17.3 Å². The summed E-state index contributed by atoms with van der Waals surface area (Å²) >= 11 is 0. The van der Waals surface area contributed by atoms with Gasteiger partial charge in [0, 0.05) is 18.2 Å². The van der Waals surface area contributed by atoms with E-state index in [0.717, 1.165) is 6.07 Å². The predicted molar refractivity (Wildman–Crippen MR) is 94.8 cm³/mol. The van der Waals surface area contributed by atoms with Crippen molar-refractivity contribution in [3.05, 3.63) is 51.6 Å². The van der Waals surface area contributed by atoms with Gasteiger partial charge in [-0.3, -0.25) is 14.9 Å². The third kappa shape index (κ3) is 3.94. The first kappa shape index (κ1) is 18.8. The van der Waals surface area contributed by atoms with E-state index in [4.69, 9.17) is 19.9 Å². The summed E-state index contributed by atoms with van der Waals surface area (Å²) in [6.07, 6.45) is 0. The molecule has 0 aliphatic heterocycles. The molecule has 1 amide bonds. The van der Waals surface area contributed by atoms with Gasteiger partial charge in [0.1, 0.15) is 5.69 Å². The Balaban J connectivity index is 2.19. The van der Waals surface area contributed by atoms with Gasteiger partial charge in [-0.25, -0.2) is 0 Å². The summed E-state index contributed by atoms with van der Waals surface area (Å²) in [5.74, 6) is 0.888. The van der Waals surface area contributed by atoms with Crippen molar-refractivity contribution in [1.82, 2.24) is 5.32 Å². The van der Waals surface area contributed by atoms with Gasteiger partial charge in [0.25, 0.3) is 11.6 Å². The van der Waals surface area contributed by atoms with Crippen LogP contribution in [-0.4, -0.2) is 32.2 Å². The lowest BCUT2D eigenvalue weighted by Gasteiger charge is -2.14. The molecule has 0 aliphatic rings. The number of anilines is 1. The fourth-order valence-corrected chi connectivity index (χ4v) is 2.36. The van der Waals surface area contributed by atoms with Gasteiger partial charge in [-0.05, 0) is 29.8 Å². The maximum Gasteiger partial charge on any atom is 0.292 e. The fraction of sp³-hybridized carbons (Fsp3) is 0.235. The summed E-state index contributed by atoms with van der Waals surface area (Å²) in [7, 11) is 4.48. The molecule has 0 fully saturated rings. The maximum absolute atomic E-state index is 12.3. The fourth-order valence-electron chi connectivity index (χ4n) is 2.36. The van der Waals surface area contributed by atoms with Crippen LogP contribution in [0.2, 0.25) is 0 Å². The molecule has 9 nitrogen and oxygen atoms in total. The van der Waals surface area contributed by atoms with Crippen LogP contribution < -0.4 is 25.3 Å². The Labute approximate surface area is 149 Å². The molecule has 2 aromatic carbocycles. The molecular formula is C17H19N3O6. The van der Waals surface area contributed by atoms with E-state index >= 15 is 0 Å². The normalized spacial score (nSPS) is 10.1. The maximum atomic E-state index is 12.3. The number of nitro benzene ring substituents is 1. The van der Waals surface area contributed by atoms with Crippen LogP contribution in [0, 0.1) is 10.1 Å². The SMILES string of the molecule is COc1cc(CNC(=O)c2ccc(N)c([N+](=O)[O-])c2)cc(OC)c1OC.